The normalized spacial score (nSPS) is 19.7. The summed E-state index contributed by atoms with van der Waals surface area (Å²) in [4.78, 5) is 29.2. The minimum absolute atomic E-state index is 0.0210. The van der Waals surface area contributed by atoms with Crippen molar-refractivity contribution in [2.45, 2.75) is 18.2 Å². The van der Waals surface area contributed by atoms with E-state index in [0.717, 1.165) is 0 Å². The number of hydrogen-bond acceptors (Lipinski definition) is 5. The van der Waals surface area contributed by atoms with E-state index in [0.29, 0.717) is 24.2 Å². The highest BCUT2D eigenvalue weighted by Gasteiger charge is 2.42. The number of aromatic nitrogens is 1. The van der Waals surface area contributed by atoms with E-state index in [1.54, 1.807) is 6.92 Å². The van der Waals surface area contributed by atoms with Gasteiger partial charge < -0.3 is 10.0 Å². The zero-order chi connectivity index (χ0) is 19.7. The van der Waals surface area contributed by atoms with E-state index in [2.05, 4.69) is 9.71 Å². The standard InChI is InChI=1S/C18H19N3O5S/c1-18(17(23)24)8-11-21(12-18)16(22)13-2-4-15(5-3-13)27(25,26)20-14-6-9-19-10-7-14/h2-7,9-10H,8,11-12H2,1H3,(H,19,20)(H,23,24). The first-order valence-electron chi connectivity index (χ1n) is 8.27. The molecule has 2 N–H and O–H groups in total. The number of aliphatic carboxylic acids is 1. The number of benzene rings is 1. The highest BCUT2D eigenvalue weighted by atomic mass is 32.2. The van der Waals surface area contributed by atoms with Crippen molar-refractivity contribution in [3.05, 3.63) is 54.4 Å². The Morgan fingerprint density at radius 1 is 1.15 bits per heavy atom. The lowest BCUT2D eigenvalue weighted by atomic mass is 9.90. The van der Waals surface area contributed by atoms with E-state index < -0.39 is 21.4 Å². The van der Waals surface area contributed by atoms with Gasteiger partial charge in [-0.1, -0.05) is 0 Å². The molecule has 2 heterocycles. The number of carbonyl (C=O) groups is 2. The second-order valence-corrected chi connectivity index (χ2v) is 8.39. The van der Waals surface area contributed by atoms with E-state index in [9.17, 15) is 23.1 Å². The van der Waals surface area contributed by atoms with E-state index in [1.165, 1.54) is 53.7 Å². The van der Waals surface area contributed by atoms with Gasteiger partial charge in [0.2, 0.25) is 0 Å². The second kappa shape index (κ2) is 6.99. The highest BCUT2D eigenvalue weighted by molar-refractivity contribution is 7.92. The molecule has 0 bridgehead atoms. The number of anilines is 1. The number of rotatable bonds is 5. The Bertz CT molecular complexity index is 960. The topological polar surface area (TPSA) is 117 Å². The van der Waals surface area contributed by atoms with Crippen LogP contribution in [0.25, 0.3) is 0 Å². The number of carbonyl (C=O) groups excluding carboxylic acids is 1. The maximum Gasteiger partial charge on any atom is 0.311 e. The number of amides is 1. The average Bonchev–Trinajstić information content (AvgIpc) is 3.05. The number of pyridine rings is 1. The molecule has 1 saturated heterocycles. The molecule has 0 aliphatic carbocycles. The van der Waals surface area contributed by atoms with Crippen molar-refractivity contribution in [1.82, 2.24) is 9.88 Å². The second-order valence-electron chi connectivity index (χ2n) is 6.71. The van der Waals surface area contributed by atoms with Crippen molar-refractivity contribution in [3.63, 3.8) is 0 Å². The van der Waals surface area contributed by atoms with Crippen LogP contribution >= 0.6 is 0 Å². The number of likely N-dealkylation sites (tertiary alicyclic amines) is 1. The van der Waals surface area contributed by atoms with Gasteiger partial charge in [0.15, 0.2) is 0 Å². The van der Waals surface area contributed by atoms with Gasteiger partial charge in [-0.05, 0) is 49.7 Å². The Morgan fingerprint density at radius 3 is 2.33 bits per heavy atom. The predicted molar refractivity (Wildman–Crippen MR) is 97.8 cm³/mol. The number of carboxylic acids is 1. The molecule has 142 valence electrons. The zero-order valence-corrected chi connectivity index (χ0v) is 15.4. The van der Waals surface area contributed by atoms with Gasteiger partial charge in [-0.25, -0.2) is 8.42 Å². The largest absolute Gasteiger partial charge is 0.481 e. The summed E-state index contributed by atoms with van der Waals surface area (Å²) in [6.07, 6.45) is 3.33. The molecule has 1 amide bonds. The number of nitrogens with one attached hydrogen (secondary N) is 1. The maximum atomic E-state index is 12.6. The summed E-state index contributed by atoms with van der Waals surface area (Å²) in [5, 5.41) is 9.27. The molecule has 1 atom stereocenters. The van der Waals surface area contributed by atoms with Crippen LogP contribution in [0.2, 0.25) is 0 Å². The molecule has 2 aromatic rings. The SMILES string of the molecule is CC1(C(=O)O)CCN(C(=O)c2ccc(S(=O)(=O)Nc3ccncc3)cc2)C1. The molecule has 1 unspecified atom stereocenters. The van der Waals surface area contributed by atoms with Crippen LogP contribution in [0.5, 0.6) is 0 Å². The molecule has 0 saturated carbocycles. The zero-order valence-electron chi connectivity index (χ0n) is 14.6. The molecule has 1 aliphatic heterocycles. The lowest BCUT2D eigenvalue weighted by Crippen LogP contribution is -2.34. The first-order chi connectivity index (χ1) is 12.7. The van der Waals surface area contributed by atoms with E-state index >= 15 is 0 Å². The smallest absolute Gasteiger partial charge is 0.311 e. The van der Waals surface area contributed by atoms with Gasteiger partial charge in [0.1, 0.15) is 0 Å². The fourth-order valence-corrected chi connectivity index (χ4v) is 3.96. The molecule has 8 nitrogen and oxygen atoms in total. The molecule has 1 aliphatic rings. The molecule has 1 aromatic heterocycles. The van der Waals surface area contributed by atoms with Crippen LogP contribution in [0, 0.1) is 5.41 Å². The van der Waals surface area contributed by atoms with Gasteiger partial charge in [-0.2, -0.15) is 0 Å². The first kappa shape index (κ1) is 18.8. The van der Waals surface area contributed by atoms with Crippen LogP contribution in [-0.2, 0) is 14.8 Å². The summed E-state index contributed by atoms with van der Waals surface area (Å²) in [5.74, 6) is -1.24. The molecule has 1 fully saturated rings. The van der Waals surface area contributed by atoms with Crippen molar-refractivity contribution in [2.24, 2.45) is 5.41 Å². The van der Waals surface area contributed by atoms with Crippen LogP contribution in [-0.4, -0.2) is 48.4 Å². The fourth-order valence-electron chi connectivity index (χ4n) is 2.90. The monoisotopic (exact) mass is 389 g/mol. The number of sulfonamides is 1. The lowest BCUT2D eigenvalue weighted by Gasteiger charge is -2.20. The minimum atomic E-state index is -3.79. The lowest BCUT2D eigenvalue weighted by molar-refractivity contribution is -0.147. The number of carboxylic acid groups (broad SMARTS) is 1. The summed E-state index contributed by atoms with van der Waals surface area (Å²) < 4.78 is 27.2. The Kier molecular flexibility index (Phi) is 4.88. The Hall–Kier alpha value is -2.94. The van der Waals surface area contributed by atoms with Gasteiger partial charge in [0.05, 0.1) is 16.0 Å². The molecular weight excluding hydrogens is 370 g/mol. The number of hydrogen-bond donors (Lipinski definition) is 2. The maximum absolute atomic E-state index is 12.6. The van der Waals surface area contributed by atoms with Crippen molar-refractivity contribution in [3.8, 4) is 0 Å². The Morgan fingerprint density at radius 2 is 1.78 bits per heavy atom. The third-order valence-electron chi connectivity index (χ3n) is 4.62. The summed E-state index contributed by atoms with van der Waals surface area (Å²) >= 11 is 0. The number of nitrogens with zero attached hydrogens (tertiary/aromatic N) is 2. The molecule has 0 radical (unpaired) electrons. The van der Waals surface area contributed by atoms with Crippen molar-refractivity contribution < 1.29 is 23.1 Å². The van der Waals surface area contributed by atoms with E-state index in [-0.39, 0.29) is 17.3 Å². The average molecular weight is 389 g/mol. The Labute approximate surface area is 156 Å². The molecule has 27 heavy (non-hydrogen) atoms. The van der Waals surface area contributed by atoms with Crippen LogP contribution in [0.1, 0.15) is 23.7 Å². The van der Waals surface area contributed by atoms with Crippen molar-refractivity contribution in [2.75, 3.05) is 17.8 Å². The molecule has 0 spiro atoms. The first-order valence-corrected chi connectivity index (χ1v) is 9.75. The molecule has 1 aromatic carbocycles. The quantitative estimate of drug-likeness (QED) is 0.806. The van der Waals surface area contributed by atoms with Gasteiger partial charge in [0, 0.05) is 31.0 Å². The van der Waals surface area contributed by atoms with Gasteiger partial charge in [-0.15, -0.1) is 0 Å². The molecular formula is C18H19N3O5S. The van der Waals surface area contributed by atoms with Gasteiger partial charge in [-0.3, -0.25) is 19.3 Å². The van der Waals surface area contributed by atoms with Crippen LogP contribution in [0.3, 0.4) is 0 Å². The van der Waals surface area contributed by atoms with Gasteiger partial charge >= 0.3 is 5.97 Å². The van der Waals surface area contributed by atoms with Crippen LogP contribution in [0.4, 0.5) is 5.69 Å². The molecule has 3 rings (SSSR count). The third kappa shape index (κ3) is 3.92. The van der Waals surface area contributed by atoms with Gasteiger partial charge in [0.25, 0.3) is 15.9 Å². The van der Waals surface area contributed by atoms with Crippen LogP contribution < -0.4 is 4.72 Å². The molecule has 9 heteroatoms. The summed E-state index contributed by atoms with van der Waals surface area (Å²) in [6, 6.07) is 8.62. The highest BCUT2D eigenvalue weighted by Crippen LogP contribution is 2.31. The predicted octanol–water partition coefficient (Wildman–Crippen LogP) is 1.82. The van der Waals surface area contributed by atoms with Crippen molar-refractivity contribution >= 4 is 27.6 Å². The van der Waals surface area contributed by atoms with Crippen LogP contribution in [0.15, 0.2) is 53.7 Å². The minimum Gasteiger partial charge on any atom is -0.481 e. The summed E-state index contributed by atoms with van der Waals surface area (Å²) in [6.45, 7) is 2.10. The van der Waals surface area contributed by atoms with E-state index in [4.69, 9.17) is 0 Å². The summed E-state index contributed by atoms with van der Waals surface area (Å²) in [5.41, 5.74) is -0.254. The third-order valence-corrected chi connectivity index (χ3v) is 6.02. The fraction of sp³-hybridized carbons (Fsp3) is 0.278. The summed E-state index contributed by atoms with van der Waals surface area (Å²) in [7, 11) is -3.79. The van der Waals surface area contributed by atoms with Crippen molar-refractivity contribution in [1.29, 1.82) is 0 Å². The Balaban J connectivity index is 1.74. The van der Waals surface area contributed by atoms with E-state index in [1.807, 2.05) is 0 Å².